The van der Waals surface area contributed by atoms with Gasteiger partial charge in [0.2, 0.25) is 5.91 Å². The first-order valence-corrected chi connectivity index (χ1v) is 14.9. The van der Waals surface area contributed by atoms with Crippen molar-refractivity contribution in [1.29, 1.82) is 0 Å². The van der Waals surface area contributed by atoms with Crippen LogP contribution in [-0.2, 0) is 23.9 Å². The summed E-state index contributed by atoms with van der Waals surface area (Å²) >= 11 is 3.26. The number of hydrogen-bond donors (Lipinski definition) is 7. The SMILES string of the molecule is CCC(Br)(CC)C(=O)NC(N)=O.CCN(CCN(CC(=O)O)CC(CCOCC(O)CO)N(CC)CC(=O)O)CC(=O)O. The van der Waals surface area contributed by atoms with Crippen molar-refractivity contribution < 1.29 is 54.2 Å². The van der Waals surface area contributed by atoms with Gasteiger partial charge in [-0.25, -0.2) is 4.79 Å². The number of aliphatic hydroxyl groups excluding tert-OH is 2. The monoisotopic (exact) mass is 687 g/mol. The summed E-state index contributed by atoms with van der Waals surface area (Å²) < 4.78 is 4.68. The van der Waals surface area contributed by atoms with Crippen LogP contribution in [0.3, 0.4) is 0 Å². The van der Waals surface area contributed by atoms with E-state index in [1.807, 2.05) is 26.1 Å². The maximum atomic E-state index is 11.3. The molecule has 252 valence electrons. The van der Waals surface area contributed by atoms with E-state index in [4.69, 9.17) is 20.7 Å². The van der Waals surface area contributed by atoms with Gasteiger partial charge in [-0.2, -0.15) is 0 Å². The zero-order valence-electron chi connectivity index (χ0n) is 25.5. The number of imide groups is 1. The minimum Gasteiger partial charge on any atom is -0.480 e. The minimum atomic E-state index is -1.04. The van der Waals surface area contributed by atoms with E-state index in [9.17, 15) is 39.3 Å². The number of carboxylic acid groups (broad SMARTS) is 3. The average Bonchev–Trinajstić information content (AvgIpc) is 2.93. The van der Waals surface area contributed by atoms with Crippen LogP contribution in [0.15, 0.2) is 0 Å². The van der Waals surface area contributed by atoms with Crippen LogP contribution in [0.1, 0.15) is 47.0 Å². The molecule has 0 aliphatic heterocycles. The highest BCUT2D eigenvalue weighted by molar-refractivity contribution is 9.10. The number of carboxylic acids is 3. The number of urea groups is 1. The lowest BCUT2D eigenvalue weighted by Gasteiger charge is -2.34. The highest BCUT2D eigenvalue weighted by atomic mass is 79.9. The molecule has 8 N–H and O–H groups in total. The number of nitrogens with two attached hydrogens (primary N) is 1. The van der Waals surface area contributed by atoms with E-state index >= 15 is 0 Å². The van der Waals surface area contributed by atoms with E-state index in [0.717, 1.165) is 0 Å². The molecule has 0 heterocycles. The summed E-state index contributed by atoms with van der Waals surface area (Å²) in [7, 11) is 0. The highest BCUT2D eigenvalue weighted by Gasteiger charge is 2.32. The fourth-order valence-corrected chi connectivity index (χ4v) is 4.00. The second-order valence-electron chi connectivity index (χ2n) is 9.69. The Hall–Kier alpha value is -2.41. The minimum absolute atomic E-state index is 0.0617. The summed E-state index contributed by atoms with van der Waals surface area (Å²) in [6.07, 6.45) is 0.616. The van der Waals surface area contributed by atoms with Crippen LogP contribution in [0.4, 0.5) is 4.79 Å². The van der Waals surface area contributed by atoms with Crippen molar-refractivity contribution in [2.24, 2.45) is 5.73 Å². The number of nitrogens with zero attached hydrogens (tertiary/aromatic N) is 3. The maximum absolute atomic E-state index is 11.3. The predicted octanol–water partition coefficient (Wildman–Crippen LogP) is -0.550. The van der Waals surface area contributed by atoms with E-state index in [-0.39, 0.29) is 51.3 Å². The van der Waals surface area contributed by atoms with E-state index in [0.29, 0.717) is 45.4 Å². The smallest absolute Gasteiger partial charge is 0.318 e. The zero-order valence-corrected chi connectivity index (χ0v) is 27.1. The Bertz CT molecular complexity index is 848. The van der Waals surface area contributed by atoms with E-state index < -0.39 is 41.0 Å². The van der Waals surface area contributed by atoms with Gasteiger partial charge in [0.15, 0.2) is 0 Å². The Labute approximate surface area is 261 Å². The highest BCUT2D eigenvalue weighted by Crippen LogP contribution is 2.26. The Balaban J connectivity index is 0. The first kappa shape index (κ1) is 42.7. The zero-order chi connectivity index (χ0) is 33.6. The molecule has 0 fully saturated rings. The fourth-order valence-electron chi connectivity index (χ4n) is 3.90. The number of carbonyl (C=O) groups excluding carboxylic acids is 2. The van der Waals surface area contributed by atoms with Gasteiger partial charge in [0.1, 0.15) is 10.4 Å². The number of likely N-dealkylation sites (N-methyl/N-ethyl adjacent to an activating group) is 2. The largest absolute Gasteiger partial charge is 0.480 e. The number of halogens is 1. The number of rotatable bonds is 23. The van der Waals surface area contributed by atoms with Gasteiger partial charge in [-0.15, -0.1) is 0 Å². The average molecular weight is 689 g/mol. The van der Waals surface area contributed by atoms with E-state index in [1.165, 1.54) is 0 Å². The van der Waals surface area contributed by atoms with Crippen molar-refractivity contribution >= 4 is 45.8 Å². The third-order valence-electron chi connectivity index (χ3n) is 6.51. The number of carbonyl (C=O) groups is 5. The molecule has 2 atom stereocenters. The molecule has 17 heteroatoms. The van der Waals surface area contributed by atoms with Gasteiger partial charge in [0, 0.05) is 32.3 Å². The Morgan fingerprint density at radius 3 is 1.81 bits per heavy atom. The second-order valence-corrected chi connectivity index (χ2v) is 11.2. The Kier molecular flexibility index (Phi) is 23.8. The van der Waals surface area contributed by atoms with Gasteiger partial charge in [0.25, 0.3) is 0 Å². The number of hydrogen-bond acceptors (Lipinski definition) is 11. The number of alkyl halides is 1. The van der Waals surface area contributed by atoms with Gasteiger partial charge in [-0.1, -0.05) is 43.6 Å². The summed E-state index contributed by atoms with van der Waals surface area (Å²) in [5, 5.41) is 47.7. The van der Waals surface area contributed by atoms with Crippen LogP contribution in [0.25, 0.3) is 0 Å². The summed E-state index contributed by atoms with van der Waals surface area (Å²) in [5.74, 6) is -3.39. The van der Waals surface area contributed by atoms with E-state index in [1.54, 1.807) is 21.6 Å². The molecule has 0 aliphatic carbocycles. The van der Waals surface area contributed by atoms with Crippen molar-refractivity contribution in [3.63, 3.8) is 0 Å². The van der Waals surface area contributed by atoms with Gasteiger partial charge < -0.3 is 36.0 Å². The number of ether oxygens (including phenoxy) is 1. The summed E-state index contributed by atoms with van der Waals surface area (Å²) in [6.45, 7) is 8.24. The van der Waals surface area contributed by atoms with Crippen molar-refractivity contribution in [1.82, 2.24) is 20.0 Å². The number of primary amides is 1. The van der Waals surface area contributed by atoms with Gasteiger partial charge in [-0.3, -0.25) is 39.2 Å². The van der Waals surface area contributed by atoms with Crippen LogP contribution in [0.2, 0.25) is 0 Å². The molecular formula is C26H50BrN5O11. The first-order chi connectivity index (χ1) is 20.1. The molecule has 16 nitrogen and oxygen atoms in total. The summed E-state index contributed by atoms with van der Waals surface area (Å²) in [5.41, 5.74) is 4.81. The topological polar surface area (TPSA) is 243 Å². The van der Waals surface area contributed by atoms with Crippen molar-refractivity contribution in [2.45, 2.75) is 63.4 Å². The lowest BCUT2D eigenvalue weighted by atomic mass is 10.0. The molecule has 0 spiro atoms. The quantitative estimate of drug-likeness (QED) is 0.0526. The lowest BCUT2D eigenvalue weighted by Crippen LogP contribution is -2.49. The fraction of sp³-hybridized carbons (Fsp3) is 0.808. The van der Waals surface area contributed by atoms with Crippen molar-refractivity contribution in [3.05, 3.63) is 0 Å². The molecule has 0 saturated carbocycles. The standard InChI is InChI=1S/C19H37N3O9.C7H13BrN2O2/c1-3-20(10-17(25)26)6-7-21(11-18(27)28)9-15(22(4-2)12-19(29)30)5-8-31-14-16(24)13-23;1-3-7(8,4-2)5(11)10-6(9)12/h15-16,23-24H,3-14H2,1-2H3,(H,25,26)(H,27,28)(H,29,30);3-4H2,1-2H3,(H3,9,10,11,12). The Morgan fingerprint density at radius 1 is 0.884 bits per heavy atom. The first-order valence-electron chi connectivity index (χ1n) is 14.1. The molecule has 0 rings (SSSR count). The predicted molar refractivity (Wildman–Crippen MR) is 161 cm³/mol. The van der Waals surface area contributed by atoms with Crippen LogP contribution in [-0.4, -0.2) is 159 Å². The number of amides is 3. The van der Waals surface area contributed by atoms with Gasteiger partial charge in [-0.05, 0) is 32.4 Å². The number of aliphatic hydroxyl groups is 2. The number of nitrogens with one attached hydrogen (secondary N) is 1. The Morgan fingerprint density at radius 2 is 1.40 bits per heavy atom. The van der Waals surface area contributed by atoms with Gasteiger partial charge >= 0.3 is 23.9 Å². The molecule has 0 saturated heterocycles. The molecule has 0 aliphatic rings. The maximum Gasteiger partial charge on any atom is 0.318 e. The lowest BCUT2D eigenvalue weighted by molar-refractivity contribution is -0.141. The molecule has 0 aromatic heterocycles. The summed E-state index contributed by atoms with van der Waals surface area (Å²) in [4.78, 5) is 60.2. The molecule has 0 bridgehead atoms. The molecule has 0 aromatic rings. The molecule has 2 unspecified atom stereocenters. The van der Waals surface area contributed by atoms with Crippen LogP contribution >= 0.6 is 15.9 Å². The third kappa shape index (κ3) is 21.0. The van der Waals surface area contributed by atoms with Gasteiger partial charge in [0.05, 0.1) is 32.8 Å². The molecule has 3 amide bonds. The molecular weight excluding hydrogens is 638 g/mol. The van der Waals surface area contributed by atoms with Crippen LogP contribution in [0.5, 0.6) is 0 Å². The van der Waals surface area contributed by atoms with Crippen LogP contribution in [0, 0.1) is 0 Å². The normalized spacial score (nSPS) is 12.9. The molecule has 0 radical (unpaired) electrons. The van der Waals surface area contributed by atoms with Crippen molar-refractivity contribution in [2.75, 3.05) is 72.2 Å². The van der Waals surface area contributed by atoms with Crippen molar-refractivity contribution in [3.8, 4) is 0 Å². The second kappa shape index (κ2) is 24.0. The van der Waals surface area contributed by atoms with E-state index in [2.05, 4.69) is 15.9 Å². The molecule has 43 heavy (non-hydrogen) atoms. The summed E-state index contributed by atoms with van der Waals surface area (Å²) in [6, 6.07) is -1.15. The number of aliphatic carboxylic acids is 3. The molecule has 0 aromatic carbocycles. The van der Waals surface area contributed by atoms with Crippen LogP contribution < -0.4 is 11.1 Å². The third-order valence-corrected chi connectivity index (χ3v) is 7.99.